The first-order valence-electron chi connectivity index (χ1n) is 6.37. The average molecular weight is 261 g/mol. The van der Waals surface area contributed by atoms with Crippen molar-refractivity contribution in [3.05, 3.63) is 30.0 Å². The number of aliphatic hydroxyl groups excluding tert-OH is 1. The van der Waals surface area contributed by atoms with Gasteiger partial charge < -0.3 is 21.1 Å². The number of aromatic nitrogens is 1. The lowest BCUT2D eigenvalue weighted by molar-refractivity contribution is 0.0947. The fraction of sp³-hybridized carbons (Fsp3) is 0.357. The molecule has 1 aromatic heterocycles. The number of anilines is 1. The second kappa shape index (κ2) is 5.75. The molecule has 1 aromatic carbocycles. The minimum Gasteiger partial charge on any atom is -0.399 e. The number of carbonyl (C=O) groups is 1. The molecule has 5 nitrogen and oxygen atoms in total. The minimum absolute atomic E-state index is 0.123. The van der Waals surface area contributed by atoms with E-state index < -0.39 is 0 Å². The number of aliphatic hydroxyl groups is 1. The molecule has 0 aliphatic rings. The third-order valence-corrected chi connectivity index (χ3v) is 3.18. The number of H-pyrrole nitrogens is 1. The Labute approximate surface area is 111 Å². The Morgan fingerprint density at radius 3 is 3.05 bits per heavy atom. The van der Waals surface area contributed by atoms with E-state index in [1.807, 2.05) is 13.0 Å². The quantitative estimate of drug-likeness (QED) is 0.615. The van der Waals surface area contributed by atoms with Gasteiger partial charge in [0.05, 0.1) is 5.56 Å². The van der Waals surface area contributed by atoms with Crippen molar-refractivity contribution in [1.82, 2.24) is 10.3 Å². The SMILES string of the molecule is CC(CCO)CNC(=O)c1c[nH]c2ccc(N)cc12. The van der Waals surface area contributed by atoms with E-state index in [1.54, 1.807) is 18.3 Å². The van der Waals surface area contributed by atoms with E-state index in [4.69, 9.17) is 10.8 Å². The van der Waals surface area contributed by atoms with Gasteiger partial charge in [-0.25, -0.2) is 0 Å². The second-order valence-corrected chi connectivity index (χ2v) is 4.83. The molecular weight excluding hydrogens is 242 g/mol. The van der Waals surface area contributed by atoms with Crippen molar-refractivity contribution in [2.45, 2.75) is 13.3 Å². The maximum Gasteiger partial charge on any atom is 0.253 e. The molecule has 5 heteroatoms. The predicted octanol–water partition coefficient (Wildman–Crippen LogP) is 1.50. The highest BCUT2D eigenvalue weighted by Crippen LogP contribution is 2.20. The van der Waals surface area contributed by atoms with Crippen molar-refractivity contribution in [2.24, 2.45) is 5.92 Å². The lowest BCUT2D eigenvalue weighted by Crippen LogP contribution is -2.28. The fourth-order valence-electron chi connectivity index (χ4n) is 2.01. The average Bonchev–Trinajstić information content (AvgIpc) is 2.79. The summed E-state index contributed by atoms with van der Waals surface area (Å²) in [4.78, 5) is 15.2. The first-order valence-corrected chi connectivity index (χ1v) is 6.37. The van der Waals surface area contributed by atoms with Gasteiger partial charge in [-0.3, -0.25) is 4.79 Å². The van der Waals surface area contributed by atoms with Crippen LogP contribution in [0.5, 0.6) is 0 Å². The molecule has 5 N–H and O–H groups in total. The van der Waals surface area contributed by atoms with Gasteiger partial charge in [0.25, 0.3) is 5.91 Å². The summed E-state index contributed by atoms with van der Waals surface area (Å²) in [7, 11) is 0. The highest BCUT2D eigenvalue weighted by atomic mass is 16.3. The molecule has 0 saturated heterocycles. The highest BCUT2D eigenvalue weighted by molar-refractivity contribution is 6.07. The molecular formula is C14H19N3O2. The number of hydrogen-bond donors (Lipinski definition) is 4. The van der Waals surface area contributed by atoms with E-state index in [2.05, 4.69) is 10.3 Å². The van der Waals surface area contributed by atoms with Gasteiger partial charge in [-0.1, -0.05) is 6.92 Å². The van der Waals surface area contributed by atoms with Crippen molar-refractivity contribution in [3.63, 3.8) is 0 Å². The summed E-state index contributed by atoms with van der Waals surface area (Å²) < 4.78 is 0. The van der Waals surface area contributed by atoms with Crippen molar-refractivity contribution >= 4 is 22.5 Å². The van der Waals surface area contributed by atoms with E-state index in [0.29, 0.717) is 24.2 Å². The van der Waals surface area contributed by atoms with Gasteiger partial charge in [0.1, 0.15) is 0 Å². The molecule has 1 heterocycles. The number of nitrogens with two attached hydrogens (primary N) is 1. The molecule has 0 saturated carbocycles. The highest BCUT2D eigenvalue weighted by Gasteiger charge is 2.12. The summed E-state index contributed by atoms with van der Waals surface area (Å²) in [6.45, 7) is 2.68. The molecule has 19 heavy (non-hydrogen) atoms. The van der Waals surface area contributed by atoms with Gasteiger partial charge in [0.15, 0.2) is 0 Å². The summed E-state index contributed by atoms with van der Waals surface area (Å²) in [6, 6.07) is 5.44. The molecule has 0 radical (unpaired) electrons. The number of nitrogen functional groups attached to an aromatic ring is 1. The van der Waals surface area contributed by atoms with Crippen LogP contribution in [0.1, 0.15) is 23.7 Å². The summed E-state index contributed by atoms with van der Waals surface area (Å²) >= 11 is 0. The molecule has 1 unspecified atom stereocenters. The van der Waals surface area contributed by atoms with Crippen LogP contribution in [0.4, 0.5) is 5.69 Å². The molecule has 0 aliphatic heterocycles. The maximum atomic E-state index is 12.1. The smallest absolute Gasteiger partial charge is 0.253 e. The molecule has 1 amide bonds. The second-order valence-electron chi connectivity index (χ2n) is 4.83. The monoisotopic (exact) mass is 261 g/mol. The summed E-state index contributed by atoms with van der Waals surface area (Å²) in [5.74, 6) is 0.130. The van der Waals surface area contributed by atoms with Gasteiger partial charge in [-0.2, -0.15) is 0 Å². The number of nitrogens with one attached hydrogen (secondary N) is 2. The molecule has 2 aromatic rings. The number of carbonyl (C=O) groups excluding carboxylic acids is 1. The number of hydrogen-bond acceptors (Lipinski definition) is 3. The van der Waals surface area contributed by atoms with Gasteiger partial charge in [-0.15, -0.1) is 0 Å². The van der Waals surface area contributed by atoms with E-state index in [9.17, 15) is 4.79 Å². The van der Waals surface area contributed by atoms with Crippen LogP contribution in [0.2, 0.25) is 0 Å². The predicted molar refractivity (Wildman–Crippen MR) is 75.9 cm³/mol. The number of amides is 1. The van der Waals surface area contributed by atoms with Crippen LogP contribution in [0.15, 0.2) is 24.4 Å². The Morgan fingerprint density at radius 1 is 1.53 bits per heavy atom. The standard InChI is InChI=1S/C14H19N3O2/c1-9(4-5-18)7-17-14(19)12-8-16-13-3-2-10(15)6-11(12)13/h2-3,6,8-9,16,18H,4-5,7,15H2,1H3,(H,17,19). The van der Waals surface area contributed by atoms with Crippen LogP contribution >= 0.6 is 0 Å². The zero-order valence-corrected chi connectivity index (χ0v) is 10.9. The summed E-state index contributed by atoms with van der Waals surface area (Å²) in [6.07, 6.45) is 2.37. The van der Waals surface area contributed by atoms with Crippen LogP contribution in [0.3, 0.4) is 0 Å². The van der Waals surface area contributed by atoms with E-state index in [1.165, 1.54) is 0 Å². The van der Waals surface area contributed by atoms with Crippen molar-refractivity contribution in [2.75, 3.05) is 18.9 Å². The topological polar surface area (TPSA) is 91.1 Å². The van der Waals surface area contributed by atoms with Crippen molar-refractivity contribution in [1.29, 1.82) is 0 Å². The first kappa shape index (κ1) is 13.4. The van der Waals surface area contributed by atoms with E-state index in [-0.39, 0.29) is 18.4 Å². The molecule has 2 rings (SSSR count). The lowest BCUT2D eigenvalue weighted by atomic mass is 10.1. The third kappa shape index (κ3) is 3.06. The largest absolute Gasteiger partial charge is 0.399 e. The Hall–Kier alpha value is -2.01. The van der Waals surface area contributed by atoms with Crippen LogP contribution in [-0.2, 0) is 0 Å². The van der Waals surface area contributed by atoms with Gasteiger partial charge in [0.2, 0.25) is 0 Å². The minimum atomic E-state index is -0.123. The molecule has 102 valence electrons. The molecule has 0 spiro atoms. The van der Waals surface area contributed by atoms with Crippen molar-refractivity contribution in [3.8, 4) is 0 Å². The molecule has 0 bridgehead atoms. The normalized spacial score (nSPS) is 12.5. The van der Waals surface area contributed by atoms with Gasteiger partial charge in [-0.05, 0) is 30.5 Å². The molecule has 0 aliphatic carbocycles. The Kier molecular flexibility index (Phi) is 4.06. The molecule has 1 atom stereocenters. The lowest BCUT2D eigenvalue weighted by Gasteiger charge is -2.10. The van der Waals surface area contributed by atoms with Crippen LogP contribution in [0.25, 0.3) is 10.9 Å². The third-order valence-electron chi connectivity index (χ3n) is 3.18. The number of benzene rings is 1. The zero-order chi connectivity index (χ0) is 13.8. The fourth-order valence-corrected chi connectivity index (χ4v) is 2.01. The number of fused-ring (bicyclic) bond motifs is 1. The van der Waals surface area contributed by atoms with Gasteiger partial charge >= 0.3 is 0 Å². The summed E-state index contributed by atoms with van der Waals surface area (Å²) in [5, 5.41) is 12.5. The number of aromatic amines is 1. The first-order chi connectivity index (χ1) is 9.11. The van der Waals surface area contributed by atoms with E-state index in [0.717, 1.165) is 10.9 Å². The van der Waals surface area contributed by atoms with E-state index >= 15 is 0 Å². The maximum absolute atomic E-state index is 12.1. The van der Waals surface area contributed by atoms with Crippen LogP contribution in [-0.4, -0.2) is 29.1 Å². The summed E-state index contributed by atoms with van der Waals surface area (Å²) in [5.41, 5.74) is 7.86. The number of rotatable bonds is 5. The molecule has 0 fully saturated rings. The van der Waals surface area contributed by atoms with Crippen molar-refractivity contribution < 1.29 is 9.90 Å². The Morgan fingerprint density at radius 2 is 2.32 bits per heavy atom. The van der Waals surface area contributed by atoms with Gasteiger partial charge in [0, 0.05) is 35.9 Å². The zero-order valence-electron chi connectivity index (χ0n) is 10.9. The Bertz CT molecular complexity index is 577. The van der Waals surface area contributed by atoms with Crippen LogP contribution in [0, 0.1) is 5.92 Å². The van der Waals surface area contributed by atoms with Crippen LogP contribution < -0.4 is 11.1 Å². The Balaban J connectivity index is 2.11.